The maximum absolute atomic E-state index is 15.2. The van der Waals surface area contributed by atoms with E-state index in [4.69, 9.17) is 11.6 Å². The van der Waals surface area contributed by atoms with Gasteiger partial charge in [0.2, 0.25) is 0 Å². The van der Waals surface area contributed by atoms with Gasteiger partial charge in [0.25, 0.3) is 5.91 Å². The number of amidine groups is 2. The molecule has 1 atom stereocenters. The van der Waals surface area contributed by atoms with Crippen LogP contribution >= 0.6 is 22.2 Å². The molecule has 1 aliphatic rings. The quantitative estimate of drug-likeness (QED) is 0.154. The second-order valence-electron chi connectivity index (χ2n) is 9.60. The summed E-state index contributed by atoms with van der Waals surface area (Å²) < 4.78 is 50.6. The van der Waals surface area contributed by atoms with Crippen molar-refractivity contribution in [2.45, 2.75) is 31.1 Å². The fourth-order valence-electron chi connectivity index (χ4n) is 4.07. The first-order chi connectivity index (χ1) is 18.3. The maximum atomic E-state index is 15.2. The zero-order valence-corrected chi connectivity index (χ0v) is 22.7. The summed E-state index contributed by atoms with van der Waals surface area (Å²) in [5.41, 5.74) is 0.241. The van der Waals surface area contributed by atoms with E-state index in [9.17, 15) is 23.5 Å². The Balaban J connectivity index is 1.79. The Labute approximate surface area is 230 Å². The lowest BCUT2D eigenvalue weighted by atomic mass is 9.92. The summed E-state index contributed by atoms with van der Waals surface area (Å²) in [6.07, 6.45) is 1.17. The predicted molar refractivity (Wildman–Crippen MR) is 147 cm³/mol. The van der Waals surface area contributed by atoms with Gasteiger partial charge in [-0.1, -0.05) is 29.8 Å². The molecule has 0 saturated heterocycles. The van der Waals surface area contributed by atoms with E-state index < -0.39 is 38.4 Å². The Morgan fingerprint density at radius 1 is 1.08 bits per heavy atom. The number of carbonyl (C=O) groups excluding carboxylic acids is 1. The SMILES string of the molecule is CC1(c2cc(N=C(NO)c3ncc(Cl)cc3F)ccc2F)CS(O)(O)C(C)(C)C(NC(=O)c2ccccc2)=N1. The average Bonchev–Trinajstić information content (AvgIpc) is 2.87. The Bertz CT molecular complexity index is 1490. The highest BCUT2D eigenvalue weighted by atomic mass is 35.5. The smallest absolute Gasteiger partial charge is 0.256 e. The van der Waals surface area contributed by atoms with Crippen LogP contribution in [0.4, 0.5) is 14.5 Å². The molecule has 1 amide bonds. The van der Waals surface area contributed by atoms with Crippen LogP contribution in [0.5, 0.6) is 0 Å². The molecule has 4 rings (SSSR count). The molecule has 0 fully saturated rings. The molecule has 0 saturated carbocycles. The molecule has 1 aliphatic heterocycles. The van der Waals surface area contributed by atoms with E-state index >= 15 is 4.39 Å². The number of benzene rings is 2. The molecule has 3 aromatic rings. The van der Waals surface area contributed by atoms with E-state index in [0.717, 1.165) is 12.1 Å². The summed E-state index contributed by atoms with van der Waals surface area (Å²) in [7, 11) is -3.48. The third-order valence-electron chi connectivity index (χ3n) is 6.41. The molecule has 13 heteroatoms. The highest BCUT2D eigenvalue weighted by Gasteiger charge is 2.50. The minimum Gasteiger partial charge on any atom is -0.309 e. The van der Waals surface area contributed by atoms with E-state index in [1.807, 2.05) is 0 Å². The van der Waals surface area contributed by atoms with Crippen molar-refractivity contribution in [2.75, 3.05) is 5.75 Å². The van der Waals surface area contributed by atoms with Gasteiger partial charge >= 0.3 is 0 Å². The Hall–Kier alpha value is -3.42. The molecule has 0 spiro atoms. The summed E-state index contributed by atoms with van der Waals surface area (Å²) in [4.78, 5) is 25.5. The first kappa shape index (κ1) is 28.6. The van der Waals surface area contributed by atoms with Crippen LogP contribution in [0.2, 0.25) is 5.02 Å². The van der Waals surface area contributed by atoms with Crippen molar-refractivity contribution in [1.29, 1.82) is 0 Å². The number of pyridine rings is 1. The predicted octanol–water partition coefficient (Wildman–Crippen LogP) is 5.66. The van der Waals surface area contributed by atoms with Crippen LogP contribution in [0.3, 0.4) is 0 Å². The van der Waals surface area contributed by atoms with Crippen LogP contribution in [-0.2, 0) is 5.54 Å². The Morgan fingerprint density at radius 2 is 1.77 bits per heavy atom. The summed E-state index contributed by atoms with van der Waals surface area (Å²) >= 11 is 5.74. The van der Waals surface area contributed by atoms with E-state index in [1.165, 1.54) is 39.1 Å². The minimum absolute atomic E-state index is 0.0245. The summed E-state index contributed by atoms with van der Waals surface area (Å²) in [5.74, 6) is -2.84. The van der Waals surface area contributed by atoms with Crippen LogP contribution in [0.1, 0.15) is 42.4 Å². The highest BCUT2D eigenvalue weighted by molar-refractivity contribution is 8.26. The molecule has 39 heavy (non-hydrogen) atoms. The maximum Gasteiger partial charge on any atom is 0.256 e. The Morgan fingerprint density at radius 3 is 2.41 bits per heavy atom. The lowest BCUT2D eigenvalue weighted by Gasteiger charge is -2.54. The number of nitrogens with zero attached hydrogens (tertiary/aromatic N) is 3. The van der Waals surface area contributed by atoms with Crippen molar-refractivity contribution in [1.82, 2.24) is 15.8 Å². The van der Waals surface area contributed by atoms with E-state index in [-0.39, 0.29) is 39.4 Å². The molecular weight excluding hydrogens is 552 g/mol. The third-order valence-corrected chi connectivity index (χ3v) is 9.40. The molecular formula is C26H26ClF2N5O4S. The van der Waals surface area contributed by atoms with Crippen molar-refractivity contribution in [3.63, 3.8) is 0 Å². The van der Waals surface area contributed by atoms with E-state index in [1.54, 1.807) is 35.8 Å². The summed E-state index contributed by atoms with van der Waals surface area (Å²) in [6.45, 7) is 4.58. The first-order valence-corrected chi connectivity index (χ1v) is 13.7. The van der Waals surface area contributed by atoms with Gasteiger partial charge in [0.05, 0.1) is 16.5 Å². The van der Waals surface area contributed by atoms with E-state index in [0.29, 0.717) is 5.56 Å². The fourth-order valence-corrected chi connectivity index (χ4v) is 5.99. The zero-order valence-electron chi connectivity index (χ0n) is 21.1. The van der Waals surface area contributed by atoms with Crippen molar-refractivity contribution in [3.8, 4) is 0 Å². The molecule has 2 heterocycles. The number of hydroxylamine groups is 1. The monoisotopic (exact) mass is 577 g/mol. The fraction of sp³-hybridized carbons (Fsp3) is 0.231. The lowest BCUT2D eigenvalue weighted by Crippen LogP contribution is -2.55. The average molecular weight is 578 g/mol. The number of amides is 1. The molecule has 206 valence electrons. The number of hydrogen-bond acceptors (Lipinski definition) is 7. The standard InChI is InChI=1S/C26H26ClF2N5O4S/c1-25(2)24(32-23(35)15-7-5-4-6-8-15)33-26(3,14-39(25,37)38)18-12-17(9-10-19(18)28)31-22(34-36)21-20(29)11-16(27)13-30-21/h4-13,36-38H,14H2,1-3H3,(H,31,34)(H,32,33,35). The molecule has 2 aromatic carbocycles. The zero-order chi connectivity index (χ0) is 28.6. The number of rotatable bonds is 4. The van der Waals surface area contributed by atoms with Crippen molar-refractivity contribution in [2.24, 2.45) is 9.98 Å². The topological polar surface area (TPSA) is 139 Å². The second-order valence-corrected chi connectivity index (χ2v) is 12.7. The largest absolute Gasteiger partial charge is 0.309 e. The van der Waals surface area contributed by atoms with Crippen LogP contribution in [0, 0.1) is 11.6 Å². The third kappa shape index (κ3) is 5.65. The van der Waals surface area contributed by atoms with Gasteiger partial charge in [-0.25, -0.2) is 18.8 Å². The Kier molecular flexibility index (Phi) is 7.79. The summed E-state index contributed by atoms with van der Waals surface area (Å²) in [6, 6.07) is 12.9. The van der Waals surface area contributed by atoms with Gasteiger partial charge in [-0.15, -0.1) is 0 Å². The second kappa shape index (κ2) is 10.6. The van der Waals surface area contributed by atoms with Gasteiger partial charge in [-0.3, -0.25) is 29.6 Å². The molecule has 0 bridgehead atoms. The molecule has 0 aliphatic carbocycles. The minimum atomic E-state index is -3.48. The van der Waals surface area contributed by atoms with Crippen LogP contribution in [0.15, 0.2) is 70.8 Å². The van der Waals surface area contributed by atoms with Gasteiger partial charge in [0.15, 0.2) is 11.7 Å². The number of halogens is 3. The number of aromatic nitrogens is 1. The van der Waals surface area contributed by atoms with Crippen molar-refractivity contribution < 1.29 is 27.9 Å². The van der Waals surface area contributed by atoms with Crippen molar-refractivity contribution >= 4 is 45.5 Å². The number of nitrogens with one attached hydrogen (secondary N) is 2. The van der Waals surface area contributed by atoms with Crippen LogP contribution in [-0.4, -0.2) is 47.4 Å². The van der Waals surface area contributed by atoms with Crippen LogP contribution in [0.25, 0.3) is 0 Å². The van der Waals surface area contributed by atoms with Crippen molar-refractivity contribution in [3.05, 3.63) is 94.3 Å². The van der Waals surface area contributed by atoms with Gasteiger partial charge in [0.1, 0.15) is 27.6 Å². The van der Waals surface area contributed by atoms with Gasteiger partial charge < -0.3 is 5.32 Å². The van der Waals surface area contributed by atoms with Gasteiger partial charge in [0, 0.05) is 17.3 Å². The summed E-state index contributed by atoms with van der Waals surface area (Å²) in [5, 5.41) is 12.3. The molecule has 9 nitrogen and oxygen atoms in total. The molecule has 1 unspecified atom stereocenters. The van der Waals surface area contributed by atoms with Gasteiger partial charge in [-0.05, 0) is 57.2 Å². The number of aliphatic imine (C=N–C) groups is 2. The number of hydrogen-bond donors (Lipinski definition) is 5. The van der Waals surface area contributed by atoms with E-state index in [2.05, 4.69) is 20.3 Å². The molecule has 0 radical (unpaired) electrons. The first-order valence-electron chi connectivity index (χ1n) is 11.6. The molecule has 5 N–H and O–H groups in total. The highest BCUT2D eigenvalue weighted by Crippen LogP contribution is 2.59. The molecule has 1 aromatic heterocycles. The normalized spacial score (nSPS) is 21.1. The lowest BCUT2D eigenvalue weighted by molar-refractivity contribution is 0.0975. The van der Waals surface area contributed by atoms with Crippen LogP contribution < -0.4 is 10.8 Å². The number of carbonyl (C=O) groups is 1. The van der Waals surface area contributed by atoms with Gasteiger partial charge in [-0.2, -0.15) is 10.6 Å².